The third-order valence-electron chi connectivity index (χ3n) is 6.95. The Kier molecular flexibility index (Phi) is 8.08. The molecule has 0 radical (unpaired) electrons. The van der Waals surface area contributed by atoms with Gasteiger partial charge in [0.25, 0.3) is 0 Å². The Morgan fingerprint density at radius 3 is 2.44 bits per heavy atom. The zero-order valence-corrected chi connectivity index (χ0v) is 21.7. The van der Waals surface area contributed by atoms with Crippen LogP contribution >= 0.6 is 23.2 Å². The van der Waals surface area contributed by atoms with Gasteiger partial charge >= 0.3 is 0 Å². The molecule has 2 aromatic rings. The summed E-state index contributed by atoms with van der Waals surface area (Å²) in [5.74, 6) is 2.13. The van der Waals surface area contributed by atoms with Crippen LogP contribution in [0.2, 0.25) is 10.0 Å². The van der Waals surface area contributed by atoms with E-state index in [-0.39, 0.29) is 34.6 Å². The SMILES string of the molecule is CCCCC1CCC(c2nc(C#N)c(N3CCN(S(=O)(=O)c4ccc(Cl)c(Cl)c4)CC3)o2)CC1. The van der Waals surface area contributed by atoms with E-state index < -0.39 is 10.0 Å². The zero-order valence-electron chi connectivity index (χ0n) is 19.3. The zero-order chi connectivity index (χ0) is 24.3. The number of hydrogen-bond acceptors (Lipinski definition) is 6. The normalized spacial score (nSPS) is 22.0. The van der Waals surface area contributed by atoms with Crippen molar-refractivity contribution in [3.05, 3.63) is 39.8 Å². The Labute approximate surface area is 211 Å². The number of unbranched alkanes of at least 4 members (excludes halogenated alkanes) is 1. The number of anilines is 1. The van der Waals surface area contributed by atoms with Crippen LogP contribution in [-0.4, -0.2) is 43.9 Å². The van der Waals surface area contributed by atoms with E-state index in [0.717, 1.165) is 18.8 Å². The van der Waals surface area contributed by atoms with E-state index in [2.05, 4.69) is 18.0 Å². The van der Waals surface area contributed by atoms with Crippen molar-refractivity contribution in [3.63, 3.8) is 0 Å². The fourth-order valence-electron chi connectivity index (χ4n) is 4.90. The third-order valence-corrected chi connectivity index (χ3v) is 9.58. The van der Waals surface area contributed by atoms with E-state index in [9.17, 15) is 13.7 Å². The number of oxazole rings is 1. The second kappa shape index (κ2) is 10.9. The van der Waals surface area contributed by atoms with Crippen LogP contribution in [0.25, 0.3) is 0 Å². The molecule has 0 bridgehead atoms. The van der Waals surface area contributed by atoms with Crippen molar-refractivity contribution in [2.45, 2.75) is 62.7 Å². The first-order chi connectivity index (χ1) is 16.3. The molecule has 0 amide bonds. The Balaban J connectivity index is 1.41. The molecule has 0 N–H and O–H groups in total. The molecule has 4 rings (SSSR count). The Morgan fingerprint density at radius 1 is 1.12 bits per heavy atom. The van der Waals surface area contributed by atoms with E-state index >= 15 is 0 Å². The molecule has 0 spiro atoms. The molecule has 7 nitrogen and oxygen atoms in total. The van der Waals surface area contributed by atoms with Gasteiger partial charge in [0, 0.05) is 32.1 Å². The van der Waals surface area contributed by atoms with Crippen LogP contribution in [0.1, 0.15) is 69.4 Å². The fourth-order valence-corrected chi connectivity index (χ4v) is 6.71. The van der Waals surface area contributed by atoms with Gasteiger partial charge in [-0.15, -0.1) is 0 Å². The van der Waals surface area contributed by atoms with Crippen molar-refractivity contribution >= 4 is 39.1 Å². The second-order valence-electron chi connectivity index (χ2n) is 9.14. The van der Waals surface area contributed by atoms with Crippen LogP contribution in [0.5, 0.6) is 0 Å². The molecule has 1 saturated heterocycles. The first kappa shape index (κ1) is 25.3. The van der Waals surface area contributed by atoms with Gasteiger partial charge in [0.1, 0.15) is 6.07 Å². The monoisotopic (exact) mass is 524 g/mol. The first-order valence-corrected chi connectivity index (χ1v) is 14.1. The van der Waals surface area contributed by atoms with Crippen LogP contribution in [0.15, 0.2) is 27.5 Å². The molecule has 1 saturated carbocycles. The van der Waals surface area contributed by atoms with Gasteiger partial charge in [-0.1, -0.05) is 49.4 Å². The van der Waals surface area contributed by atoms with Gasteiger partial charge in [-0.05, 0) is 49.8 Å². The lowest BCUT2D eigenvalue weighted by Crippen LogP contribution is -2.48. The van der Waals surface area contributed by atoms with E-state index in [1.54, 1.807) is 0 Å². The van der Waals surface area contributed by atoms with Crippen LogP contribution in [-0.2, 0) is 10.0 Å². The average molecular weight is 526 g/mol. The third kappa shape index (κ3) is 5.38. The number of piperazine rings is 1. The Bertz CT molecular complexity index is 1150. The van der Waals surface area contributed by atoms with Gasteiger partial charge in [0.05, 0.1) is 14.9 Å². The molecule has 0 atom stereocenters. The second-order valence-corrected chi connectivity index (χ2v) is 11.9. The number of nitriles is 1. The quantitative estimate of drug-likeness (QED) is 0.452. The van der Waals surface area contributed by atoms with E-state index in [0.29, 0.717) is 29.9 Å². The summed E-state index contributed by atoms with van der Waals surface area (Å²) in [6.45, 7) is 3.59. The maximum Gasteiger partial charge on any atom is 0.243 e. The van der Waals surface area contributed by atoms with Gasteiger partial charge in [-0.3, -0.25) is 0 Å². The molecular weight excluding hydrogens is 495 g/mol. The average Bonchev–Trinajstić information content (AvgIpc) is 3.29. The molecule has 1 aromatic carbocycles. The van der Waals surface area contributed by atoms with Crippen LogP contribution in [0.3, 0.4) is 0 Å². The predicted molar refractivity (Wildman–Crippen MR) is 133 cm³/mol. The number of halogens is 2. The molecule has 184 valence electrons. The maximum atomic E-state index is 13.0. The molecule has 0 unspecified atom stereocenters. The molecule has 1 aliphatic carbocycles. The Hall–Kier alpha value is -1.79. The predicted octanol–water partition coefficient (Wildman–Crippen LogP) is 5.83. The highest BCUT2D eigenvalue weighted by Crippen LogP contribution is 2.39. The highest BCUT2D eigenvalue weighted by Gasteiger charge is 2.33. The Morgan fingerprint density at radius 2 is 1.82 bits per heavy atom. The van der Waals surface area contributed by atoms with Crippen molar-refractivity contribution in [3.8, 4) is 6.07 Å². The lowest BCUT2D eigenvalue weighted by atomic mass is 9.80. The van der Waals surface area contributed by atoms with Crippen LogP contribution in [0.4, 0.5) is 5.88 Å². The van der Waals surface area contributed by atoms with Crippen LogP contribution < -0.4 is 4.90 Å². The van der Waals surface area contributed by atoms with Crippen molar-refractivity contribution in [2.75, 3.05) is 31.1 Å². The van der Waals surface area contributed by atoms with Crippen molar-refractivity contribution in [1.82, 2.24) is 9.29 Å². The van der Waals surface area contributed by atoms with Crippen molar-refractivity contribution < 1.29 is 12.8 Å². The highest BCUT2D eigenvalue weighted by atomic mass is 35.5. The molecule has 1 aliphatic heterocycles. The molecule has 2 aliphatic rings. The summed E-state index contributed by atoms with van der Waals surface area (Å²) < 4.78 is 33.6. The lowest BCUT2D eigenvalue weighted by Gasteiger charge is -2.33. The van der Waals surface area contributed by atoms with Gasteiger partial charge < -0.3 is 9.32 Å². The van der Waals surface area contributed by atoms with E-state index in [1.807, 2.05) is 4.90 Å². The summed E-state index contributed by atoms with van der Waals surface area (Å²) in [5.41, 5.74) is 0.281. The number of aromatic nitrogens is 1. The van der Waals surface area contributed by atoms with Gasteiger partial charge in [-0.2, -0.15) is 9.57 Å². The smallest absolute Gasteiger partial charge is 0.243 e. The number of nitrogens with zero attached hydrogens (tertiary/aromatic N) is 4. The first-order valence-electron chi connectivity index (χ1n) is 11.9. The lowest BCUT2D eigenvalue weighted by molar-refractivity contribution is 0.276. The van der Waals surface area contributed by atoms with Gasteiger partial charge in [0.15, 0.2) is 0 Å². The molecule has 1 aromatic heterocycles. The molecule has 34 heavy (non-hydrogen) atoms. The minimum atomic E-state index is -3.69. The van der Waals surface area contributed by atoms with Gasteiger partial charge in [0.2, 0.25) is 27.5 Å². The molecule has 2 heterocycles. The number of rotatable bonds is 7. The molecule has 2 fully saturated rings. The largest absolute Gasteiger partial charge is 0.423 e. The van der Waals surface area contributed by atoms with Crippen LogP contribution in [0, 0.1) is 17.2 Å². The molecular formula is C24H30Cl2N4O3S. The van der Waals surface area contributed by atoms with E-state index in [4.69, 9.17) is 27.6 Å². The standard InChI is InChI=1S/C24H30Cl2N4O3S/c1-2-3-4-17-5-7-18(8-6-17)23-28-22(16-27)24(33-23)29-11-13-30(14-12-29)34(31,32)19-9-10-20(25)21(26)15-19/h9-10,15,17-18H,2-8,11-14H2,1H3. The summed E-state index contributed by atoms with van der Waals surface area (Å²) in [6, 6.07) is 6.48. The van der Waals surface area contributed by atoms with Crippen molar-refractivity contribution in [2.24, 2.45) is 5.92 Å². The van der Waals surface area contributed by atoms with Gasteiger partial charge in [-0.25, -0.2) is 13.4 Å². The number of benzene rings is 1. The highest BCUT2D eigenvalue weighted by molar-refractivity contribution is 7.89. The molecule has 10 heteroatoms. The summed E-state index contributed by atoms with van der Waals surface area (Å²) in [6.07, 6.45) is 8.23. The maximum absolute atomic E-state index is 13.0. The topological polar surface area (TPSA) is 90.4 Å². The van der Waals surface area contributed by atoms with Crippen molar-refractivity contribution in [1.29, 1.82) is 5.26 Å². The minimum absolute atomic E-state index is 0.115. The number of hydrogen-bond donors (Lipinski definition) is 0. The summed E-state index contributed by atoms with van der Waals surface area (Å²) in [7, 11) is -3.69. The van der Waals surface area contributed by atoms with E-state index in [1.165, 1.54) is 54.6 Å². The number of sulfonamides is 1. The summed E-state index contributed by atoms with van der Waals surface area (Å²) in [5, 5.41) is 10.2. The summed E-state index contributed by atoms with van der Waals surface area (Å²) >= 11 is 11.9. The minimum Gasteiger partial charge on any atom is -0.423 e. The fraction of sp³-hybridized carbons (Fsp3) is 0.583. The summed E-state index contributed by atoms with van der Waals surface area (Å²) in [4.78, 5) is 6.55.